The number of carbonyl (C=O) groups excluding carboxylic acids is 1. The van der Waals surface area contributed by atoms with Crippen molar-refractivity contribution in [2.75, 3.05) is 16.0 Å². The fourth-order valence-electron chi connectivity index (χ4n) is 4.04. The first-order chi connectivity index (χ1) is 18.8. The third-order valence-corrected chi connectivity index (χ3v) is 5.95. The molecular formula is C30H31N7O2. The minimum atomic E-state index is -0.372. The maximum absolute atomic E-state index is 12.9. The van der Waals surface area contributed by atoms with E-state index in [9.17, 15) is 4.79 Å². The maximum Gasteiger partial charge on any atom is 0.324 e. The Morgan fingerprint density at radius 2 is 1.67 bits per heavy atom. The smallest absolute Gasteiger partial charge is 0.324 e. The van der Waals surface area contributed by atoms with Crippen LogP contribution in [0.2, 0.25) is 0 Å². The van der Waals surface area contributed by atoms with Crippen LogP contribution in [-0.2, 0) is 0 Å². The molecular weight excluding hydrogens is 490 g/mol. The molecule has 0 bridgehead atoms. The first-order valence-corrected chi connectivity index (χ1v) is 12.9. The Labute approximate surface area is 227 Å². The van der Waals surface area contributed by atoms with Gasteiger partial charge < -0.3 is 15.4 Å². The van der Waals surface area contributed by atoms with Crippen molar-refractivity contribution in [1.82, 2.24) is 19.7 Å². The highest BCUT2D eigenvalue weighted by Crippen LogP contribution is 2.26. The molecule has 198 valence electrons. The van der Waals surface area contributed by atoms with E-state index in [4.69, 9.17) is 9.84 Å². The molecule has 0 saturated heterocycles. The number of anilines is 3. The van der Waals surface area contributed by atoms with Gasteiger partial charge in [0, 0.05) is 47.8 Å². The molecule has 0 atom stereocenters. The summed E-state index contributed by atoms with van der Waals surface area (Å²) in [5.41, 5.74) is 2.36. The third kappa shape index (κ3) is 6.32. The van der Waals surface area contributed by atoms with Crippen molar-refractivity contribution in [1.29, 1.82) is 0 Å². The fraction of sp³-hybridized carbons (Fsp3) is 0.200. The zero-order valence-electron chi connectivity index (χ0n) is 22.3. The molecule has 3 aromatic heterocycles. The van der Waals surface area contributed by atoms with Crippen molar-refractivity contribution in [2.24, 2.45) is 0 Å². The molecule has 0 saturated carbocycles. The number of pyridine rings is 2. The number of hydrogen-bond acceptors (Lipinski definition) is 6. The molecule has 0 radical (unpaired) electrons. The van der Waals surface area contributed by atoms with Crippen LogP contribution in [0.5, 0.6) is 11.5 Å². The molecule has 0 spiro atoms. The van der Waals surface area contributed by atoms with Crippen LogP contribution in [0, 0.1) is 0 Å². The summed E-state index contributed by atoms with van der Waals surface area (Å²) in [6.45, 7) is 8.24. The van der Waals surface area contributed by atoms with Gasteiger partial charge in [-0.2, -0.15) is 5.10 Å². The number of rotatable bonds is 8. The predicted octanol–water partition coefficient (Wildman–Crippen LogP) is 7.20. The number of benzene rings is 2. The minimum absolute atomic E-state index is 0.199. The van der Waals surface area contributed by atoms with E-state index in [-0.39, 0.29) is 18.0 Å². The lowest BCUT2D eigenvalue weighted by Gasteiger charge is -2.12. The van der Waals surface area contributed by atoms with Crippen LogP contribution in [0.1, 0.15) is 39.3 Å². The van der Waals surface area contributed by atoms with Gasteiger partial charge >= 0.3 is 6.03 Å². The zero-order chi connectivity index (χ0) is 27.4. The Morgan fingerprint density at radius 1 is 0.846 bits per heavy atom. The average Bonchev–Trinajstić information content (AvgIpc) is 3.33. The van der Waals surface area contributed by atoms with Gasteiger partial charge in [-0.25, -0.2) is 14.5 Å². The van der Waals surface area contributed by atoms with E-state index in [1.54, 1.807) is 47.4 Å². The van der Waals surface area contributed by atoms with E-state index in [2.05, 4.69) is 53.6 Å². The molecule has 5 rings (SSSR count). The predicted molar refractivity (Wildman–Crippen MR) is 155 cm³/mol. The van der Waals surface area contributed by atoms with Gasteiger partial charge in [-0.05, 0) is 73.7 Å². The molecule has 3 heterocycles. The summed E-state index contributed by atoms with van der Waals surface area (Å²) < 4.78 is 7.71. The number of fused-ring (bicyclic) bond motifs is 1. The van der Waals surface area contributed by atoms with Crippen molar-refractivity contribution < 1.29 is 9.53 Å². The molecule has 39 heavy (non-hydrogen) atoms. The molecule has 5 aromatic rings. The van der Waals surface area contributed by atoms with Gasteiger partial charge in [-0.3, -0.25) is 10.3 Å². The summed E-state index contributed by atoms with van der Waals surface area (Å²) in [6.07, 6.45) is 5.28. The van der Waals surface area contributed by atoms with Crippen LogP contribution < -0.4 is 20.7 Å². The summed E-state index contributed by atoms with van der Waals surface area (Å²) in [7, 11) is 0. The number of amides is 2. The number of aromatic nitrogens is 4. The highest BCUT2D eigenvalue weighted by molar-refractivity contribution is 5.99. The molecule has 3 N–H and O–H groups in total. The van der Waals surface area contributed by atoms with Gasteiger partial charge in [0.1, 0.15) is 23.1 Å². The Bertz CT molecular complexity index is 1590. The first kappa shape index (κ1) is 25.7. The normalized spacial score (nSPS) is 11.1. The van der Waals surface area contributed by atoms with Crippen molar-refractivity contribution >= 4 is 34.1 Å². The molecule has 0 aliphatic rings. The lowest BCUT2D eigenvalue weighted by molar-refractivity contribution is 0.262. The Hall–Kier alpha value is -4.92. The molecule has 0 fully saturated rings. The molecule has 2 amide bonds. The summed E-state index contributed by atoms with van der Waals surface area (Å²) in [5, 5.41) is 15.9. The number of nitrogens with zero attached hydrogens (tertiary/aromatic N) is 4. The highest BCUT2D eigenvalue weighted by Gasteiger charge is 2.15. The van der Waals surface area contributed by atoms with Crippen LogP contribution in [-0.4, -0.2) is 31.8 Å². The number of carbonyl (C=O) groups is 1. The minimum Gasteiger partial charge on any atom is -0.457 e. The van der Waals surface area contributed by atoms with Gasteiger partial charge in [0.25, 0.3) is 0 Å². The van der Waals surface area contributed by atoms with Gasteiger partial charge in [-0.15, -0.1) is 0 Å². The zero-order valence-corrected chi connectivity index (χ0v) is 22.3. The lowest BCUT2D eigenvalue weighted by Crippen LogP contribution is -2.21. The molecule has 2 aromatic carbocycles. The summed E-state index contributed by atoms with van der Waals surface area (Å²) in [4.78, 5) is 21.4. The van der Waals surface area contributed by atoms with Crippen LogP contribution in [0.25, 0.3) is 16.5 Å². The standard InChI is InChI=1S/C30H31N7O2/c1-19(2)27-17-29(37(36-27)24-8-5-22-18-31-13-11-21(22)15-24)35-30(38)34-23-6-9-25(10-7-23)39-26-12-14-32-28(16-26)33-20(3)4/h5-20H,1-4H3,(H,32,33)(H2,34,35,38). The monoisotopic (exact) mass is 521 g/mol. The SMILES string of the molecule is CC(C)Nc1cc(Oc2ccc(NC(=O)Nc3cc(C(C)C)nn3-c3ccc4cnccc4c3)cc2)ccn1. The molecule has 0 aliphatic carbocycles. The summed E-state index contributed by atoms with van der Waals surface area (Å²) in [6, 6.07) is 20.6. The van der Waals surface area contributed by atoms with E-state index in [0.29, 0.717) is 23.0 Å². The second-order valence-electron chi connectivity index (χ2n) is 9.81. The van der Waals surface area contributed by atoms with Crippen LogP contribution in [0.15, 0.2) is 85.3 Å². The molecule has 0 unspecified atom stereocenters. The van der Waals surface area contributed by atoms with Crippen molar-refractivity contribution in [3.8, 4) is 17.2 Å². The van der Waals surface area contributed by atoms with E-state index in [1.807, 2.05) is 42.6 Å². The topological polar surface area (TPSA) is 106 Å². The molecule has 9 heteroatoms. The number of urea groups is 1. The first-order valence-electron chi connectivity index (χ1n) is 12.9. The quantitative estimate of drug-likeness (QED) is 0.199. The molecule has 9 nitrogen and oxygen atoms in total. The second-order valence-corrected chi connectivity index (χ2v) is 9.81. The van der Waals surface area contributed by atoms with Crippen LogP contribution in [0.4, 0.5) is 22.1 Å². The van der Waals surface area contributed by atoms with Crippen molar-refractivity contribution in [2.45, 2.75) is 39.7 Å². The van der Waals surface area contributed by atoms with E-state index < -0.39 is 0 Å². The van der Waals surface area contributed by atoms with E-state index in [1.165, 1.54) is 0 Å². The lowest BCUT2D eigenvalue weighted by atomic mass is 10.1. The second kappa shape index (κ2) is 11.2. The number of nitrogens with one attached hydrogen (secondary N) is 3. The average molecular weight is 522 g/mol. The molecule has 0 aliphatic heterocycles. The van der Waals surface area contributed by atoms with Crippen molar-refractivity contribution in [3.05, 3.63) is 91.0 Å². The van der Waals surface area contributed by atoms with Crippen LogP contribution in [0.3, 0.4) is 0 Å². The van der Waals surface area contributed by atoms with Gasteiger partial charge in [0.05, 0.1) is 11.4 Å². The van der Waals surface area contributed by atoms with Gasteiger partial charge in [-0.1, -0.05) is 19.9 Å². The van der Waals surface area contributed by atoms with Crippen LogP contribution >= 0.6 is 0 Å². The largest absolute Gasteiger partial charge is 0.457 e. The Morgan fingerprint density at radius 3 is 2.44 bits per heavy atom. The van der Waals surface area contributed by atoms with Gasteiger partial charge in [0.2, 0.25) is 0 Å². The Kier molecular flexibility index (Phi) is 7.40. The summed E-state index contributed by atoms with van der Waals surface area (Å²) in [5.74, 6) is 2.84. The van der Waals surface area contributed by atoms with E-state index in [0.717, 1.165) is 28.0 Å². The Balaban J connectivity index is 1.28. The maximum atomic E-state index is 12.9. The fourth-order valence-corrected chi connectivity index (χ4v) is 4.04. The van der Waals surface area contributed by atoms with Gasteiger partial charge in [0.15, 0.2) is 0 Å². The highest BCUT2D eigenvalue weighted by atomic mass is 16.5. The van der Waals surface area contributed by atoms with Crippen molar-refractivity contribution in [3.63, 3.8) is 0 Å². The summed E-state index contributed by atoms with van der Waals surface area (Å²) >= 11 is 0. The number of ether oxygens (including phenoxy) is 1. The third-order valence-electron chi connectivity index (χ3n) is 5.95. The number of hydrogen-bond donors (Lipinski definition) is 3. The van der Waals surface area contributed by atoms with E-state index >= 15 is 0 Å².